The molecule has 0 amide bonds. The fourth-order valence-corrected chi connectivity index (χ4v) is 2.74. The van der Waals surface area contributed by atoms with Crippen molar-refractivity contribution in [3.05, 3.63) is 62.7 Å². The van der Waals surface area contributed by atoms with Crippen LogP contribution in [0, 0.1) is 15.2 Å². The Morgan fingerprint density at radius 3 is 2.40 bits per heavy atom. The van der Waals surface area contributed by atoms with Gasteiger partial charge in [-0.1, -0.05) is 30.3 Å². The number of halogens is 3. The van der Waals surface area contributed by atoms with Gasteiger partial charge < -0.3 is 9.47 Å². The summed E-state index contributed by atoms with van der Waals surface area (Å²) in [5.41, 5.74) is 0.379. The molecule has 0 saturated heterocycles. The molecule has 0 unspecified atom stereocenters. The Hall–Kier alpha value is -1.70. The lowest BCUT2D eigenvalue weighted by molar-refractivity contribution is -0.153. The van der Waals surface area contributed by atoms with E-state index in [1.165, 1.54) is 0 Å². The Balaban J connectivity index is 2.16. The summed E-state index contributed by atoms with van der Waals surface area (Å²) in [5.74, 6) is -2.63. The van der Waals surface area contributed by atoms with Crippen LogP contribution in [0.3, 0.4) is 0 Å². The molecule has 0 heterocycles. The number of hydrogen-bond donors (Lipinski definition) is 0. The second-order valence-electron chi connectivity index (χ2n) is 6.51. The second kappa shape index (κ2) is 8.12. The molecule has 25 heavy (non-hydrogen) atoms. The first-order chi connectivity index (χ1) is 11.7. The summed E-state index contributed by atoms with van der Waals surface area (Å²) in [6.45, 7) is 5.25. The van der Waals surface area contributed by atoms with Crippen molar-refractivity contribution >= 4 is 28.6 Å². The van der Waals surface area contributed by atoms with Crippen LogP contribution in [0.25, 0.3) is 0 Å². The smallest absolute Gasteiger partial charge is 0.310 e. The first-order valence-corrected chi connectivity index (χ1v) is 8.80. The van der Waals surface area contributed by atoms with Crippen molar-refractivity contribution in [3.8, 4) is 5.75 Å². The maximum Gasteiger partial charge on any atom is 0.310 e. The van der Waals surface area contributed by atoms with Gasteiger partial charge >= 0.3 is 5.97 Å². The maximum atomic E-state index is 14.5. The minimum atomic E-state index is -0.840. The standard InChI is InChI=1S/C19H19F2IO3/c1-19(2,3)25-15(23)10-13-9-14(20)18(16(21)17(13)22)24-11-12-7-5-4-6-8-12/h4-9H,10-11H2,1-3H3. The van der Waals surface area contributed by atoms with E-state index in [1.54, 1.807) is 55.5 Å². The molecular weight excluding hydrogens is 441 g/mol. The molecule has 0 fully saturated rings. The minimum Gasteiger partial charge on any atom is -0.483 e. The van der Waals surface area contributed by atoms with Crippen LogP contribution in [0.4, 0.5) is 8.78 Å². The molecule has 3 nitrogen and oxygen atoms in total. The highest BCUT2D eigenvalue weighted by molar-refractivity contribution is 14.1. The Kier molecular flexibility index (Phi) is 6.37. The van der Waals surface area contributed by atoms with Crippen molar-refractivity contribution in [1.82, 2.24) is 0 Å². The van der Waals surface area contributed by atoms with E-state index in [0.717, 1.165) is 11.6 Å². The summed E-state index contributed by atoms with van der Waals surface area (Å²) in [7, 11) is 0. The molecule has 2 aromatic rings. The zero-order valence-corrected chi connectivity index (χ0v) is 16.4. The van der Waals surface area contributed by atoms with Crippen LogP contribution in [0.1, 0.15) is 31.9 Å². The molecule has 134 valence electrons. The second-order valence-corrected chi connectivity index (χ2v) is 7.59. The Bertz CT molecular complexity index is 755. The number of carbonyl (C=O) groups excluding carboxylic acids is 1. The van der Waals surface area contributed by atoms with Gasteiger partial charge in [0.05, 0.1) is 9.99 Å². The molecule has 2 aromatic carbocycles. The van der Waals surface area contributed by atoms with Crippen molar-refractivity contribution in [2.45, 2.75) is 39.4 Å². The first-order valence-electron chi connectivity index (χ1n) is 7.72. The van der Waals surface area contributed by atoms with E-state index in [-0.39, 0.29) is 22.2 Å². The monoisotopic (exact) mass is 460 g/mol. The third-order valence-electron chi connectivity index (χ3n) is 3.17. The normalized spacial score (nSPS) is 11.3. The van der Waals surface area contributed by atoms with Crippen molar-refractivity contribution in [1.29, 1.82) is 0 Å². The molecule has 0 bridgehead atoms. The molecule has 0 spiro atoms. The van der Waals surface area contributed by atoms with Crippen LogP contribution in [-0.2, 0) is 22.6 Å². The van der Waals surface area contributed by atoms with Gasteiger partial charge in [-0.05, 0) is 60.6 Å². The highest BCUT2D eigenvalue weighted by Crippen LogP contribution is 2.30. The highest BCUT2D eigenvalue weighted by Gasteiger charge is 2.22. The third-order valence-corrected chi connectivity index (χ3v) is 4.34. The van der Waals surface area contributed by atoms with E-state index in [2.05, 4.69) is 0 Å². The predicted molar refractivity (Wildman–Crippen MR) is 99.4 cm³/mol. The third kappa shape index (κ3) is 5.66. The van der Waals surface area contributed by atoms with E-state index in [9.17, 15) is 13.6 Å². The summed E-state index contributed by atoms with van der Waals surface area (Å²) in [6, 6.07) is 10.2. The van der Waals surface area contributed by atoms with Gasteiger partial charge in [0, 0.05) is 0 Å². The number of esters is 1. The van der Waals surface area contributed by atoms with Crippen molar-refractivity contribution in [2.75, 3.05) is 0 Å². The molecule has 0 aromatic heterocycles. The van der Waals surface area contributed by atoms with E-state index in [0.29, 0.717) is 0 Å². The number of ether oxygens (including phenoxy) is 2. The number of benzene rings is 2. The van der Waals surface area contributed by atoms with Gasteiger partial charge in [-0.2, -0.15) is 0 Å². The van der Waals surface area contributed by atoms with E-state index in [4.69, 9.17) is 9.47 Å². The lowest BCUT2D eigenvalue weighted by Crippen LogP contribution is -2.25. The summed E-state index contributed by atoms with van der Waals surface area (Å²) in [5, 5.41) is 0. The van der Waals surface area contributed by atoms with Crippen LogP contribution < -0.4 is 4.74 Å². The van der Waals surface area contributed by atoms with E-state index in [1.807, 2.05) is 18.2 Å². The van der Waals surface area contributed by atoms with Crippen LogP contribution in [0.5, 0.6) is 5.75 Å². The molecule has 0 aliphatic rings. The predicted octanol–water partition coefficient (Wildman–Crippen LogP) is 5.03. The molecule has 0 N–H and O–H groups in total. The molecule has 2 rings (SSSR count). The summed E-state index contributed by atoms with van der Waals surface area (Å²) < 4.78 is 39.4. The molecule has 6 heteroatoms. The topological polar surface area (TPSA) is 35.5 Å². The lowest BCUT2D eigenvalue weighted by Gasteiger charge is -2.20. The molecule has 0 radical (unpaired) electrons. The summed E-state index contributed by atoms with van der Waals surface area (Å²) in [6.07, 6.45) is -0.206. The average Bonchev–Trinajstić information content (AvgIpc) is 2.51. The molecule has 0 aliphatic heterocycles. The lowest BCUT2D eigenvalue weighted by atomic mass is 10.1. The number of carbonyl (C=O) groups is 1. The summed E-state index contributed by atoms with van der Waals surface area (Å²) in [4.78, 5) is 11.9. The van der Waals surface area contributed by atoms with Crippen LogP contribution >= 0.6 is 22.6 Å². The largest absolute Gasteiger partial charge is 0.483 e. The van der Waals surface area contributed by atoms with Gasteiger partial charge in [0.25, 0.3) is 0 Å². The van der Waals surface area contributed by atoms with Crippen LogP contribution in [0.2, 0.25) is 0 Å². The van der Waals surface area contributed by atoms with Gasteiger partial charge in [0.2, 0.25) is 0 Å². The number of hydrogen-bond acceptors (Lipinski definition) is 3. The van der Waals surface area contributed by atoms with Gasteiger partial charge in [-0.25, -0.2) is 8.78 Å². The van der Waals surface area contributed by atoms with Crippen molar-refractivity contribution < 1.29 is 23.0 Å². The Morgan fingerprint density at radius 2 is 1.80 bits per heavy atom. The molecular formula is C19H19F2IO3. The summed E-state index contributed by atoms with van der Waals surface area (Å²) >= 11 is 1.74. The number of rotatable bonds is 5. The Labute approximate surface area is 159 Å². The quantitative estimate of drug-likeness (QED) is 0.357. The van der Waals surface area contributed by atoms with Crippen LogP contribution in [0.15, 0.2) is 36.4 Å². The van der Waals surface area contributed by atoms with E-state index < -0.39 is 29.0 Å². The van der Waals surface area contributed by atoms with Gasteiger partial charge in [0.1, 0.15) is 12.2 Å². The molecule has 0 atom stereocenters. The van der Waals surface area contributed by atoms with Crippen molar-refractivity contribution in [3.63, 3.8) is 0 Å². The van der Waals surface area contributed by atoms with Gasteiger partial charge in [-0.15, -0.1) is 0 Å². The SMILES string of the molecule is CC(C)(C)OC(=O)Cc1cc(F)c(OCc2ccccc2)c(F)c1I. The maximum absolute atomic E-state index is 14.5. The van der Waals surface area contributed by atoms with Gasteiger partial charge in [0.15, 0.2) is 17.4 Å². The zero-order valence-electron chi connectivity index (χ0n) is 14.2. The molecule has 0 aliphatic carbocycles. The van der Waals surface area contributed by atoms with Gasteiger partial charge in [-0.3, -0.25) is 4.79 Å². The zero-order chi connectivity index (χ0) is 18.6. The first kappa shape index (κ1) is 19.6. The Morgan fingerprint density at radius 1 is 1.16 bits per heavy atom. The highest BCUT2D eigenvalue weighted by atomic mass is 127. The van der Waals surface area contributed by atoms with E-state index >= 15 is 0 Å². The minimum absolute atomic E-state index is 0.0518. The van der Waals surface area contributed by atoms with Crippen molar-refractivity contribution in [2.24, 2.45) is 0 Å². The van der Waals surface area contributed by atoms with Crippen LogP contribution in [-0.4, -0.2) is 11.6 Å². The fourth-order valence-electron chi connectivity index (χ4n) is 2.15. The average molecular weight is 460 g/mol. The molecule has 0 saturated carbocycles. The fraction of sp³-hybridized carbons (Fsp3) is 0.316.